The molecule has 1 rings (SSSR count). The van der Waals surface area contributed by atoms with Gasteiger partial charge in [-0.25, -0.2) is 4.73 Å². The fraction of sp³-hybridized carbons (Fsp3) is 0.333. The summed E-state index contributed by atoms with van der Waals surface area (Å²) >= 11 is 0. The monoisotopic (exact) mass is 170 g/mol. The van der Waals surface area contributed by atoms with Crippen LogP contribution in [0.5, 0.6) is 5.88 Å². The molecule has 0 bridgehead atoms. The van der Waals surface area contributed by atoms with Crippen molar-refractivity contribution in [3.05, 3.63) is 11.3 Å². The Morgan fingerprint density at radius 2 is 2.42 bits per heavy atom. The van der Waals surface area contributed by atoms with Gasteiger partial charge in [0.25, 0.3) is 5.88 Å². The number of nitrogens with one attached hydrogen (secondary N) is 1. The Morgan fingerprint density at radius 3 is 2.92 bits per heavy atom. The first-order valence-corrected chi connectivity index (χ1v) is 3.31. The number of anilines is 2. The van der Waals surface area contributed by atoms with Gasteiger partial charge in [-0.15, -0.1) is 0 Å². The number of hydrogen-bond donors (Lipinski definition) is 2. The van der Waals surface area contributed by atoms with Crippen molar-refractivity contribution in [2.24, 2.45) is 0 Å². The zero-order valence-electron chi connectivity index (χ0n) is 6.87. The Labute approximate surface area is 69.6 Å². The van der Waals surface area contributed by atoms with Gasteiger partial charge in [0.1, 0.15) is 0 Å². The van der Waals surface area contributed by atoms with Crippen molar-refractivity contribution in [2.75, 3.05) is 25.2 Å². The van der Waals surface area contributed by atoms with Gasteiger partial charge in [0.05, 0.1) is 13.2 Å². The van der Waals surface area contributed by atoms with E-state index in [0.29, 0.717) is 16.4 Å². The van der Waals surface area contributed by atoms with Crippen molar-refractivity contribution in [3.8, 4) is 5.88 Å². The van der Waals surface area contributed by atoms with Crippen LogP contribution in [0.25, 0.3) is 0 Å². The van der Waals surface area contributed by atoms with Gasteiger partial charge in [-0.3, -0.25) is 0 Å². The molecule has 0 atom stereocenters. The maximum atomic E-state index is 11.1. The van der Waals surface area contributed by atoms with Crippen LogP contribution in [0.15, 0.2) is 6.07 Å². The summed E-state index contributed by atoms with van der Waals surface area (Å²) in [4.78, 5) is 3.67. The molecular formula is C6H10N4O2. The molecule has 0 saturated heterocycles. The minimum atomic E-state index is -0.140. The number of nitrogens with two attached hydrogens (primary N) is 1. The minimum absolute atomic E-state index is 0.140. The van der Waals surface area contributed by atoms with Crippen molar-refractivity contribution >= 4 is 11.8 Å². The lowest BCUT2D eigenvalue weighted by Crippen LogP contribution is -2.35. The molecule has 6 heteroatoms. The third-order valence-corrected chi connectivity index (χ3v) is 1.38. The fourth-order valence-corrected chi connectivity index (χ4v) is 0.768. The smallest absolute Gasteiger partial charge is 0.347 e. The van der Waals surface area contributed by atoms with Crippen LogP contribution in [-0.4, -0.2) is 19.1 Å². The van der Waals surface area contributed by atoms with Crippen LogP contribution in [0.3, 0.4) is 0 Å². The van der Waals surface area contributed by atoms with Crippen LogP contribution in [-0.2, 0) is 0 Å². The second-order valence-corrected chi connectivity index (χ2v) is 2.09. The number of hydrogen-bond acceptors (Lipinski definition) is 5. The van der Waals surface area contributed by atoms with E-state index < -0.39 is 0 Å². The summed E-state index contributed by atoms with van der Waals surface area (Å²) in [6, 6.07) is 1.46. The van der Waals surface area contributed by atoms with Crippen LogP contribution in [0.4, 0.5) is 11.8 Å². The average Bonchev–Trinajstić information content (AvgIpc) is 2.09. The molecule has 0 aliphatic rings. The molecule has 6 nitrogen and oxygen atoms in total. The zero-order chi connectivity index (χ0) is 9.14. The molecule has 0 amide bonds. The van der Waals surface area contributed by atoms with Crippen LogP contribution in [0.1, 0.15) is 0 Å². The standard InChI is InChI=1S/C6H10N4O2/c1-8-4-3-5(12-2)9-6(7)10(4)11/h3,8H,1-2H3,(H2,7,9). The van der Waals surface area contributed by atoms with Gasteiger partial charge in [-0.2, -0.15) is 0 Å². The van der Waals surface area contributed by atoms with E-state index in [4.69, 9.17) is 10.5 Å². The second-order valence-electron chi connectivity index (χ2n) is 2.09. The molecule has 1 aromatic rings. The lowest BCUT2D eigenvalue weighted by Gasteiger charge is -2.11. The van der Waals surface area contributed by atoms with E-state index in [9.17, 15) is 5.21 Å². The molecule has 0 spiro atoms. The second kappa shape index (κ2) is 3.12. The summed E-state index contributed by atoms with van der Waals surface area (Å²) in [6.45, 7) is 0. The fourth-order valence-electron chi connectivity index (χ4n) is 0.768. The Morgan fingerprint density at radius 1 is 1.75 bits per heavy atom. The number of nitrogen functional groups attached to an aromatic ring is 1. The molecule has 0 unspecified atom stereocenters. The highest BCUT2D eigenvalue weighted by Gasteiger charge is 2.08. The molecule has 0 aliphatic heterocycles. The lowest BCUT2D eigenvalue weighted by molar-refractivity contribution is -0.577. The predicted molar refractivity (Wildman–Crippen MR) is 43.7 cm³/mol. The SMILES string of the molecule is CNc1cc(OC)nc(N)[n+]1[O-]. The molecule has 0 aliphatic carbocycles. The Hall–Kier alpha value is -1.72. The lowest BCUT2D eigenvalue weighted by atomic mass is 10.5. The summed E-state index contributed by atoms with van der Waals surface area (Å²) in [5.74, 6) is 0.474. The van der Waals surface area contributed by atoms with Gasteiger partial charge < -0.3 is 21.0 Å². The van der Waals surface area contributed by atoms with Crippen LogP contribution in [0, 0.1) is 5.21 Å². The van der Waals surface area contributed by atoms with E-state index in [1.54, 1.807) is 7.05 Å². The summed E-state index contributed by atoms with van der Waals surface area (Å²) in [7, 11) is 3.07. The van der Waals surface area contributed by atoms with Crippen molar-refractivity contribution < 1.29 is 9.47 Å². The van der Waals surface area contributed by atoms with Crippen LogP contribution in [0.2, 0.25) is 0 Å². The third kappa shape index (κ3) is 1.31. The van der Waals surface area contributed by atoms with Gasteiger partial charge in [0.15, 0.2) is 0 Å². The maximum Gasteiger partial charge on any atom is 0.347 e. The summed E-state index contributed by atoms with van der Waals surface area (Å²) in [5.41, 5.74) is 5.29. The molecule has 12 heavy (non-hydrogen) atoms. The van der Waals surface area contributed by atoms with Gasteiger partial charge in [-0.1, -0.05) is 4.98 Å². The van der Waals surface area contributed by atoms with Crippen molar-refractivity contribution in [2.45, 2.75) is 0 Å². The maximum absolute atomic E-state index is 11.1. The zero-order valence-corrected chi connectivity index (χ0v) is 6.87. The number of methoxy groups -OCH3 is 1. The largest absolute Gasteiger partial charge is 0.754 e. The predicted octanol–water partition coefficient (Wildman–Crippen LogP) is -0.653. The molecule has 66 valence electrons. The highest BCUT2D eigenvalue weighted by Crippen LogP contribution is 2.10. The van der Waals surface area contributed by atoms with Crippen LogP contribution >= 0.6 is 0 Å². The molecular weight excluding hydrogens is 160 g/mol. The molecule has 0 saturated carbocycles. The van der Waals surface area contributed by atoms with E-state index in [1.165, 1.54) is 13.2 Å². The Bertz CT molecular complexity index is 289. The summed E-state index contributed by atoms with van der Waals surface area (Å²) < 4.78 is 5.30. The van der Waals surface area contributed by atoms with Gasteiger partial charge >= 0.3 is 5.95 Å². The normalized spacial score (nSPS) is 9.50. The van der Waals surface area contributed by atoms with Crippen molar-refractivity contribution in [1.29, 1.82) is 0 Å². The highest BCUT2D eigenvalue weighted by atomic mass is 16.5. The summed E-state index contributed by atoms with van der Waals surface area (Å²) in [6.07, 6.45) is 0. The first kappa shape index (κ1) is 8.38. The van der Waals surface area contributed by atoms with Crippen molar-refractivity contribution in [3.63, 3.8) is 0 Å². The molecule has 1 aromatic heterocycles. The first-order valence-electron chi connectivity index (χ1n) is 3.31. The number of aromatic nitrogens is 2. The van der Waals surface area contributed by atoms with Crippen molar-refractivity contribution in [1.82, 2.24) is 4.98 Å². The van der Waals surface area contributed by atoms with E-state index >= 15 is 0 Å². The Balaban J connectivity index is 3.19. The van der Waals surface area contributed by atoms with E-state index in [1.807, 2.05) is 0 Å². The average molecular weight is 170 g/mol. The quantitative estimate of drug-likeness (QED) is 0.455. The van der Waals surface area contributed by atoms with Crippen LogP contribution < -0.4 is 20.5 Å². The van der Waals surface area contributed by atoms with E-state index in [2.05, 4.69) is 10.3 Å². The summed E-state index contributed by atoms with van der Waals surface area (Å²) in [5, 5.41) is 13.7. The highest BCUT2D eigenvalue weighted by molar-refractivity contribution is 5.35. The molecule has 3 N–H and O–H groups in total. The molecule has 0 fully saturated rings. The van der Waals surface area contributed by atoms with Gasteiger partial charge in [0.2, 0.25) is 5.82 Å². The molecule has 1 heterocycles. The minimum Gasteiger partial charge on any atom is -0.754 e. The first-order chi connectivity index (χ1) is 5.69. The van der Waals surface area contributed by atoms with E-state index in [0.717, 1.165) is 0 Å². The number of ether oxygens (including phenoxy) is 1. The molecule has 0 radical (unpaired) electrons. The third-order valence-electron chi connectivity index (χ3n) is 1.38. The number of rotatable bonds is 2. The number of nitrogens with zero attached hydrogens (tertiary/aromatic N) is 2. The van der Waals surface area contributed by atoms with Gasteiger partial charge in [-0.05, 0) is 0 Å². The van der Waals surface area contributed by atoms with E-state index in [-0.39, 0.29) is 5.95 Å². The molecule has 0 aromatic carbocycles. The topological polar surface area (TPSA) is 87.1 Å². The Kier molecular flexibility index (Phi) is 2.18. The van der Waals surface area contributed by atoms with Gasteiger partial charge in [0, 0.05) is 7.05 Å².